The van der Waals surface area contributed by atoms with E-state index in [9.17, 15) is 4.79 Å². The first kappa shape index (κ1) is 14.6. The third-order valence-electron chi connectivity index (χ3n) is 2.87. The Morgan fingerprint density at radius 3 is 2.85 bits per heavy atom. The Hall–Kier alpha value is -1.79. The van der Waals surface area contributed by atoms with Gasteiger partial charge in [-0.3, -0.25) is 4.79 Å². The van der Waals surface area contributed by atoms with E-state index in [1.807, 2.05) is 12.1 Å². The molecule has 0 unspecified atom stereocenters. The first-order chi connectivity index (χ1) is 9.79. The molecule has 1 heterocycles. The van der Waals surface area contributed by atoms with Crippen LogP contribution in [0.4, 0.5) is 0 Å². The molecular weight excluding hydrogens is 262 g/mol. The summed E-state index contributed by atoms with van der Waals surface area (Å²) in [6, 6.07) is 7.13. The van der Waals surface area contributed by atoms with E-state index in [0.717, 1.165) is 19.3 Å². The molecule has 1 aliphatic heterocycles. The summed E-state index contributed by atoms with van der Waals surface area (Å²) in [6.45, 7) is 0.519. The van der Waals surface area contributed by atoms with E-state index in [1.165, 1.54) is 0 Å². The number of amides is 1. The molecule has 0 aromatic heterocycles. The summed E-state index contributed by atoms with van der Waals surface area (Å²) in [5.74, 6) is 0.723. The predicted octanol–water partition coefficient (Wildman–Crippen LogP) is 1.65. The molecule has 0 saturated carbocycles. The van der Waals surface area contributed by atoms with Crippen molar-refractivity contribution in [3.63, 3.8) is 0 Å². The van der Waals surface area contributed by atoms with Crippen LogP contribution in [0.3, 0.4) is 0 Å². The molecule has 1 aliphatic rings. The zero-order chi connectivity index (χ0) is 14.2. The van der Waals surface area contributed by atoms with E-state index in [4.69, 9.17) is 19.0 Å². The molecule has 0 radical (unpaired) electrons. The second-order valence-corrected chi connectivity index (χ2v) is 4.38. The second-order valence-electron chi connectivity index (χ2n) is 4.38. The van der Waals surface area contributed by atoms with Gasteiger partial charge in [-0.05, 0) is 25.0 Å². The average molecular weight is 281 g/mol. The van der Waals surface area contributed by atoms with Crippen molar-refractivity contribution >= 4 is 5.91 Å². The zero-order valence-electron chi connectivity index (χ0n) is 11.5. The minimum absolute atomic E-state index is 0.146. The molecule has 6 nitrogen and oxygen atoms in total. The molecular formula is C14H19NO5. The molecule has 1 aromatic rings. The number of carbonyl (C=O) groups excluding carboxylic acids is 1. The monoisotopic (exact) mass is 281 g/mol. The number of ether oxygens (including phenoxy) is 3. The van der Waals surface area contributed by atoms with Crippen LogP contribution in [0.25, 0.3) is 0 Å². The quantitative estimate of drug-likeness (QED) is 0.803. The van der Waals surface area contributed by atoms with Gasteiger partial charge in [0.25, 0.3) is 5.91 Å². The maximum absolute atomic E-state index is 11.6. The Morgan fingerprint density at radius 1 is 1.35 bits per heavy atom. The number of carbonyl (C=O) groups is 1. The van der Waals surface area contributed by atoms with Crippen molar-refractivity contribution in [2.45, 2.75) is 25.6 Å². The van der Waals surface area contributed by atoms with Crippen LogP contribution in [0, 0.1) is 0 Å². The van der Waals surface area contributed by atoms with Gasteiger partial charge in [-0.25, -0.2) is 10.3 Å². The van der Waals surface area contributed by atoms with Gasteiger partial charge in [0.15, 0.2) is 24.4 Å². The number of hydroxylamine groups is 1. The topological polar surface area (TPSA) is 66.0 Å². The van der Waals surface area contributed by atoms with Gasteiger partial charge in [-0.1, -0.05) is 12.1 Å². The van der Waals surface area contributed by atoms with E-state index in [0.29, 0.717) is 18.1 Å². The zero-order valence-corrected chi connectivity index (χ0v) is 11.5. The maximum Gasteiger partial charge on any atom is 0.281 e. The van der Waals surface area contributed by atoms with Crippen LogP contribution < -0.4 is 15.0 Å². The molecule has 6 heteroatoms. The van der Waals surface area contributed by atoms with E-state index in [2.05, 4.69) is 5.48 Å². The van der Waals surface area contributed by atoms with E-state index in [1.54, 1.807) is 19.2 Å². The largest absolute Gasteiger partial charge is 0.493 e. The van der Waals surface area contributed by atoms with E-state index < -0.39 is 0 Å². The van der Waals surface area contributed by atoms with Crippen LogP contribution in [0.5, 0.6) is 11.5 Å². The van der Waals surface area contributed by atoms with Crippen LogP contribution in [-0.4, -0.2) is 32.5 Å². The lowest BCUT2D eigenvalue weighted by Gasteiger charge is -2.22. The van der Waals surface area contributed by atoms with Crippen molar-refractivity contribution in [2.24, 2.45) is 0 Å². The summed E-state index contributed by atoms with van der Waals surface area (Å²) >= 11 is 0. The van der Waals surface area contributed by atoms with Crippen LogP contribution in [0.1, 0.15) is 19.3 Å². The van der Waals surface area contributed by atoms with E-state index >= 15 is 0 Å². The van der Waals surface area contributed by atoms with Crippen molar-refractivity contribution in [3.05, 3.63) is 24.3 Å². The van der Waals surface area contributed by atoms with Crippen LogP contribution in [0.15, 0.2) is 24.3 Å². The maximum atomic E-state index is 11.6. The molecule has 2 rings (SSSR count). The molecule has 1 fully saturated rings. The first-order valence-corrected chi connectivity index (χ1v) is 6.61. The lowest BCUT2D eigenvalue weighted by Crippen LogP contribution is -2.35. The summed E-state index contributed by atoms with van der Waals surface area (Å²) < 4.78 is 15.8. The standard InChI is InChI=1S/C14H19NO5/c1-17-11-6-2-3-7-12(11)19-10-13(16)15-20-14-8-4-5-9-18-14/h2-3,6-7,14H,4-5,8-10H2,1H3,(H,15,16)/t14-/m1/s1. The fraction of sp³-hybridized carbons (Fsp3) is 0.500. The molecule has 1 amide bonds. The predicted molar refractivity (Wildman–Crippen MR) is 71.3 cm³/mol. The molecule has 0 aliphatic carbocycles. The minimum Gasteiger partial charge on any atom is -0.493 e. The van der Waals surface area contributed by atoms with Gasteiger partial charge in [0.1, 0.15) is 0 Å². The Bertz CT molecular complexity index is 431. The van der Waals surface area contributed by atoms with Gasteiger partial charge < -0.3 is 14.2 Å². The summed E-state index contributed by atoms with van der Waals surface area (Å²) in [4.78, 5) is 16.8. The van der Waals surface area contributed by atoms with Crippen molar-refractivity contribution in [1.82, 2.24) is 5.48 Å². The van der Waals surface area contributed by atoms with Crippen molar-refractivity contribution in [1.29, 1.82) is 0 Å². The molecule has 110 valence electrons. The SMILES string of the molecule is COc1ccccc1OCC(=O)NO[C@@H]1CCCCO1. The summed E-state index contributed by atoms with van der Waals surface area (Å²) in [7, 11) is 1.55. The van der Waals surface area contributed by atoms with Crippen LogP contribution in [0.2, 0.25) is 0 Å². The summed E-state index contributed by atoms with van der Waals surface area (Å²) in [5, 5.41) is 0. The number of benzene rings is 1. The average Bonchev–Trinajstić information content (AvgIpc) is 2.52. The third-order valence-corrected chi connectivity index (χ3v) is 2.87. The molecule has 1 N–H and O–H groups in total. The number of rotatable bonds is 6. The fourth-order valence-electron chi connectivity index (χ4n) is 1.85. The third kappa shape index (κ3) is 4.40. The first-order valence-electron chi connectivity index (χ1n) is 6.61. The molecule has 1 saturated heterocycles. The number of nitrogens with one attached hydrogen (secondary N) is 1. The Labute approximate surface area is 117 Å². The molecule has 1 aromatic carbocycles. The Kier molecular flexibility index (Phi) is 5.64. The van der Waals surface area contributed by atoms with Crippen LogP contribution in [-0.2, 0) is 14.4 Å². The van der Waals surface area contributed by atoms with Crippen molar-refractivity contribution < 1.29 is 23.8 Å². The fourth-order valence-corrected chi connectivity index (χ4v) is 1.85. The lowest BCUT2D eigenvalue weighted by molar-refractivity contribution is -0.201. The van der Waals surface area contributed by atoms with Gasteiger partial charge >= 0.3 is 0 Å². The van der Waals surface area contributed by atoms with E-state index in [-0.39, 0.29) is 18.8 Å². The van der Waals surface area contributed by atoms with Gasteiger partial charge in [0, 0.05) is 13.0 Å². The van der Waals surface area contributed by atoms with Gasteiger partial charge in [-0.2, -0.15) is 0 Å². The molecule has 20 heavy (non-hydrogen) atoms. The number of hydrogen-bond acceptors (Lipinski definition) is 5. The van der Waals surface area contributed by atoms with Crippen molar-refractivity contribution in [2.75, 3.05) is 20.3 Å². The Balaban J connectivity index is 1.71. The smallest absolute Gasteiger partial charge is 0.281 e. The summed E-state index contributed by atoms with van der Waals surface area (Å²) in [5.41, 5.74) is 2.33. The highest BCUT2D eigenvalue weighted by Crippen LogP contribution is 2.25. The number of para-hydroxylation sites is 2. The number of methoxy groups -OCH3 is 1. The molecule has 0 spiro atoms. The highest BCUT2D eigenvalue weighted by molar-refractivity contribution is 5.76. The normalized spacial score (nSPS) is 18.4. The molecule has 0 bridgehead atoms. The second kappa shape index (κ2) is 7.72. The minimum atomic E-state index is -0.370. The van der Waals surface area contributed by atoms with Crippen molar-refractivity contribution in [3.8, 4) is 11.5 Å². The van der Waals surface area contributed by atoms with Gasteiger partial charge in [-0.15, -0.1) is 0 Å². The molecule has 1 atom stereocenters. The van der Waals surface area contributed by atoms with Crippen LogP contribution >= 0.6 is 0 Å². The number of hydrogen-bond donors (Lipinski definition) is 1. The highest BCUT2D eigenvalue weighted by atomic mass is 16.8. The highest BCUT2D eigenvalue weighted by Gasteiger charge is 2.16. The lowest BCUT2D eigenvalue weighted by atomic mass is 10.2. The Morgan fingerprint density at radius 2 is 2.15 bits per heavy atom. The van der Waals surface area contributed by atoms with Gasteiger partial charge in [0.2, 0.25) is 0 Å². The van der Waals surface area contributed by atoms with Gasteiger partial charge in [0.05, 0.1) is 7.11 Å². The summed E-state index contributed by atoms with van der Waals surface area (Å²) in [6.07, 6.45) is 2.50.